The molecule has 0 aromatic carbocycles. The van der Waals surface area contributed by atoms with Crippen LogP contribution in [0.2, 0.25) is 0 Å². The van der Waals surface area contributed by atoms with Crippen molar-refractivity contribution in [3.8, 4) is 5.88 Å². The molecule has 1 aromatic rings. The highest BCUT2D eigenvalue weighted by molar-refractivity contribution is 5.76. The number of rotatable bonds is 7. The van der Waals surface area contributed by atoms with Crippen molar-refractivity contribution in [2.45, 2.75) is 51.2 Å². The Kier molecular flexibility index (Phi) is 5.56. The SMILES string of the molecule is CCCCC(=O)N[C@@H](c1ccc(OC)nc1)C1CC(O)C1. The average Bonchev–Trinajstić information content (AvgIpc) is 2.48. The summed E-state index contributed by atoms with van der Waals surface area (Å²) in [7, 11) is 1.58. The summed E-state index contributed by atoms with van der Waals surface area (Å²) in [6, 6.07) is 3.66. The zero-order valence-electron chi connectivity index (χ0n) is 12.7. The van der Waals surface area contributed by atoms with Crippen molar-refractivity contribution < 1.29 is 14.6 Å². The maximum atomic E-state index is 12.0. The van der Waals surface area contributed by atoms with Crippen LogP contribution in [0.5, 0.6) is 5.88 Å². The summed E-state index contributed by atoms with van der Waals surface area (Å²) in [6.45, 7) is 2.07. The number of carbonyl (C=O) groups is 1. The van der Waals surface area contributed by atoms with Crippen LogP contribution in [0.1, 0.15) is 50.6 Å². The number of nitrogens with one attached hydrogen (secondary N) is 1. The van der Waals surface area contributed by atoms with E-state index in [0.717, 1.165) is 31.2 Å². The van der Waals surface area contributed by atoms with Crippen LogP contribution in [0.15, 0.2) is 18.3 Å². The summed E-state index contributed by atoms with van der Waals surface area (Å²) in [4.78, 5) is 16.2. The van der Waals surface area contributed by atoms with Crippen LogP contribution in [0, 0.1) is 5.92 Å². The van der Waals surface area contributed by atoms with Gasteiger partial charge in [0, 0.05) is 18.7 Å². The minimum absolute atomic E-state index is 0.0686. The molecule has 5 nitrogen and oxygen atoms in total. The Bertz CT molecular complexity index is 455. The number of unbranched alkanes of at least 4 members (excludes halogenated alkanes) is 1. The molecule has 0 bridgehead atoms. The normalized spacial score (nSPS) is 22.2. The summed E-state index contributed by atoms with van der Waals surface area (Å²) in [5, 5.41) is 12.6. The van der Waals surface area contributed by atoms with Gasteiger partial charge in [0.05, 0.1) is 19.3 Å². The Morgan fingerprint density at radius 3 is 2.81 bits per heavy atom. The van der Waals surface area contributed by atoms with Crippen molar-refractivity contribution in [1.82, 2.24) is 10.3 Å². The van der Waals surface area contributed by atoms with Gasteiger partial charge < -0.3 is 15.2 Å². The lowest BCUT2D eigenvalue weighted by atomic mass is 9.75. The van der Waals surface area contributed by atoms with E-state index in [1.165, 1.54) is 0 Å². The molecule has 1 heterocycles. The van der Waals surface area contributed by atoms with Crippen LogP contribution in [-0.2, 0) is 4.79 Å². The third-order valence-electron chi connectivity index (χ3n) is 4.02. The Labute approximate surface area is 125 Å². The molecule has 0 aliphatic heterocycles. The van der Waals surface area contributed by atoms with Gasteiger partial charge in [-0.3, -0.25) is 4.79 Å². The van der Waals surface area contributed by atoms with Crippen molar-refractivity contribution in [3.05, 3.63) is 23.9 Å². The van der Waals surface area contributed by atoms with E-state index in [1.807, 2.05) is 6.07 Å². The van der Waals surface area contributed by atoms with Crippen LogP contribution >= 0.6 is 0 Å². The molecule has 116 valence electrons. The van der Waals surface area contributed by atoms with E-state index in [1.54, 1.807) is 19.4 Å². The van der Waals surface area contributed by atoms with Crippen LogP contribution in [-0.4, -0.2) is 29.2 Å². The molecule has 21 heavy (non-hydrogen) atoms. The second kappa shape index (κ2) is 7.41. The molecule has 1 aliphatic carbocycles. The van der Waals surface area contributed by atoms with E-state index in [4.69, 9.17) is 4.74 Å². The van der Waals surface area contributed by atoms with Crippen LogP contribution < -0.4 is 10.1 Å². The smallest absolute Gasteiger partial charge is 0.220 e. The molecule has 5 heteroatoms. The molecule has 1 fully saturated rings. The van der Waals surface area contributed by atoms with E-state index in [0.29, 0.717) is 12.3 Å². The highest BCUT2D eigenvalue weighted by Crippen LogP contribution is 2.38. The topological polar surface area (TPSA) is 71.5 Å². The number of aliphatic hydroxyl groups is 1. The minimum atomic E-state index is -0.240. The van der Waals surface area contributed by atoms with Crippen LogP contribution in [0.3, 0.4) is 0 Å². The van der Waals surface area contributed by atoms with Gasteiger partial charge in [-0.15, -0.1) is 0 Å². The van der Waals surface area contributed by atoms with Crippen molar-refractivity contribution >= 4 is 5.91 Å². The Morgan fingerprint density at radius 2 is 2.29 bits per heavy atom. The summed E-state index contributed by atoms with van der Waals surface area (Å²) < 4.78 is 5.06. The second-order valence-electron chi connectivity index (χ2n) is 5.67. The molecule has 0 radical (unpaired) electrons. The second-order valence-corrected chi connectivity index (χ2v) is 5.67. The highest BCUT2D eigenvalue weighted by Gasteiger charge is 2.35. The largest absolute Gasteiger partial charge is 0.481 e. The number of aliphatic hydroxyl groups excluding tert-OH is 1. The van der Waals surface area contributed by atoms with Gasteiger partial charge in [0.2, 0.25) is 11.8 Å². The molecule has 0 unspecified atom stereocenters. The molecule has 1 atom stereocenters. The average molecular weight is 292 g/mol. The van der Waals surface area contributed by atoms with E-state index < -0.39 is 0 Å². The molecule has 1 aromatic heterocycles. The molecule has 0 saturated heterocycles. The number of aromatic nitrogens is 1. The lowest BCUT2D eigenvalue weighted by Crippen LogP contribution is -2.41. The highest BCUT2D eigenvalue weighted by atomic mass is 16.5. The maximum Gasteiger partial charge on any atom is 0.220 e. The van der Waals surface area contributed by atoms with Gasteiger partial charge >= 0.3 is 0 Å². The van der Waals surface area contributed by atoms with E-state index in [-0.39, 0.29) is 24.0 Å². The van der Waals surface area contributed by atoms with Gasteiger partial charge in [-0.25, -0.2) is 4.98 Å². The molecule has 2 rings (SSSR count). The van der Waals surface area contributed by atoms with E-state index >= 15 is 0 Å². The first kappa shape index (κ1) is 15.8. The number of ether oxygens (including phenoxy) is 1. The standard InChI is InChI=1S/C16H24N2O3/c1-3-4-5-14(20)18-16(12-8-13(19)9-12)11-6-7-15(21-2)17-10-11/h6-7,10,12-13,16,19H,3-5,8-9H2,1-2H3,(H,18,20)/t12?,13?,16-/m0/s1. The quantitative estimate of drug-likeness (QED) is 0.808. The lowest BCUT2D eigenvalue weighted by Gasteiger charge is -2.38. The molecule has 1 amide bonds. The number of pyridine rings is 1. The molecule has 0 spiro atoms. The number of hydrogen-bond donors (Lipinski definition) is 2. The minimum Gasteiger partial charge on any atom is -0.481 e. The van der Waals surface area contributed by atoms with Crippen molar-refractivity contribution in [2.24, 2.45) is 5.92 Å². The molecular formula is C16H24N2O3. The van der Waals surface area contributed by atoms with Gasteiger partial charge in [0.15, 0.2) is 0 Å². The van der Waals surface area contributed by atoms with Gasteiger partial charge in [0.25, 0.3) is 0 Å². The first-order chi connectivity index (χ1) is 10.1. The predicted octanol–water partition coefficient (Wildman–Crippen LogP) is 2.21. The number of hydrogen-bond acceptors (Lipinski definition) is 4. The van der Waals surface area contributed by atoms with Gasteiger partial charge in [-0.2, -0.15) is 0 Å². The van der Waals surface area contributed by atoms with E-state index in [9.17, 15) is 9.90 Å². The first-order valence-corrected chi connectivity index (χ1v) is 7.61. The third-order valence-corrected chi connectivity index (χ3v) is 4.02. The Balaban J connectivity index is 2.05. The van der Waals surface area contributed by atoms with E-state index in [2.05, 4.69) is 17.2 Å². The fraction of sp³-hybridized carbons (Fsp3) is 0.625. The van der Waals surface area contributed by atoms with Crippen LogP contribution in [0.4, 0.5) is 0 Å². The molecule has 1 saturated carbocycles. The molecule has 2 N–H and O–H groups in total. The Morgan fingerprint density at radius 1 is 1.52 bits per heavy atom. The first-order valence-electron chi connectivity index (χ1n) is 7.61. The van der Waals surface area contributed by atoms with Crippen molar-refractivity contribution in [1.29, 1.82) is 0 Å². The maximum absolute atomic E-state index is 12.0. The fourth-order valence-electron chi connectivity index (χ4n) is 2.65. The summed E-state index contributed by atoms with van der Waals surface area (Å²) in [6.07, 6.45) is 5.41. The summed E-state index contributed by atoms with van der Waals surface area (Å²) in [5.41, 5.74) is 0.970. The van der Waals surface area contributed by atoms with Gasteiger partial charge in [-0.1, -0.05) is 19.4 Å². The van der Waals surface area contributed by atoms with Gasteiger partial charge in [-0.05, 0) is 30.7 Å². The van der Waals surface area contributed by atoms with Gasteiger partial charge in [0.1, 0.15) is 0 Å². The zero-order valence-corrected chi connectivity index (χ0v) is 12.7. The molecule has 1 aliphatic rings. The number of methoxy groups -OCH3 is 1. The Hall–Kier alpha value is -1.62. The third kappa shape index (κ3) is 4.17. The molecular weight excluding hydrogens is 268 g/mol. The monoisotopic (exact) mass is 292 g/mol. The lowest BCUT2D eigenvalue weighted by molar-refractivity contribution is -0.123. The van der Waals surface area contributed by atoms with Crippen LogP contribution in [0.25, 0.3) is 0 Å². The van der Waals surface area contributed by atoms with Crippen molar-refractivity contribution in [3.63, 3.8) is 0 Å². The fourth-order valence-corrected chi connectivity index (χ4v) is 2.65. The summed E-state index contributed by atoms with van der Waals surface area (Å²) >= 11 is 0. The number of amides is 1. The predicted molar refractivity (Wildman–Crippen MR) is 79.9 cm³/mol. The zero-order chi connectivity index (χ0) is 15.2. The number of carbonyl (C=O) groups excluding carboxylic acids is 1. The van der Waals surface area contributed by atoms with Crippen molar-refractivity contribution in [2.75, 3.05) is 7.11 Å². The summed E-state index contributed by atoms with van der Waals surface area (Å²) in [5.74, 6) is 0.906. The number of nitrogens with zero attached hydrogens (tertiary/aromatic N) is 1.